The Hall–Kier alpha value is -1.97. The van der Waals surface area contributed by atoms with Crippen molar-refractivity contribution in [3.63, 3.8) is 0 Å². The highest BCUT2D eigenvalue weighted by Crippen LogP contribution is 2.60. The number of nitrogens with zero attached hydrogens (tertiary/aromatic N) is 1. The number of amides is 3. The van der Waals surface area contributed by atoms with Crippen molar-refractivity contribution in [3.05, 3.63) is 30.3 Å². The fraction of sp³-hybridized carbons (Fsp3) is 0.654. The van der Waals surface area contributed by atoms with E-state index < -0.39 is 29.6 Å². The average Bonchev–Trinajstić information content (AvgIpc) is 3.43. The number of hydrogen-bond acceptors (Lipinski definition) is 5. The molecule has 3 amide bonds. The number of nitrogens with one attached hydrogen (secondary N) is 2. The molecule has 3 unspecified atom stereocenters. The molecule has 2 bridgehead atoms. The van der Waals surface area contributed by atoms with Gasteiger partial charge in [0.15, 0.2) is 0 Å². The van der Waals surface area contributed by atoms with Crippen LogP contribution in [0.15, 0.2) is 30.3 Å². The number of alkyl halides is 1. The molecule has 3 fully saturated rings. The Labute approximate surface area is 215 Å². The van der Waals surface area contributed by atoms with Gasteiger partial charge in [0.05, 0.1) is 17.9 Å². The first-order valence-corrected chi connectivity index (χ1v) is 13.7. The number of para-hydroxylation sites is 1. The molecule has 1 spiro atoms. The maximum Gasteiger partial charge on any atom is 0.245 e. The molecule has 3 aliphatic rings. The van der Waals surface area contributed by atoms with Crippen LogP contribution in [0.5, 0.6) is 0 Å². The van der Waals surface area contributed by atoms with Gasteiger partial charge in [0.25, 0.3) is 0 Å². The minimum absolute atomic E-state index is 0.117. The van der Waals surface area contributed by atoms with E-state index in [4.69, 9.17) is 9.84 Å². The van der Waals surface area contributed by atoms with Crippen LogP contribution < -0.4 is 10.6 Å². The van der Waals surface area contributed by atoms with E-state index in [1.54, 1.807) is 4.90 Å². The molecule has 1 aromatic rings. The van der Waals surface area contributed by atoms with Crippen molar-refractivity contribution >= 4 is 39.3 Å². The number of ether oxygens (including phenoxy) is 1. The number of anilines is 1. The van der Waals surface area contributed by atoms with Crippen LogP contribution in [0.3, 0.4) is 0 Å². The van der Waals surface area contributed by atoms with E-state index in [0.717, 1.165) is 38.5 Å². The molecular formula is C26H36BrN3O5. The van der Waals surface area contributed by atoms with Gasteiger partial charge in [0.1, 0.15) is 11.6 Å². The Bertz CT molecular complexity index is 916. The zero-order valence-corrected chi connectivity index (χ0v) is 21.8. The molecule has 1 aromatic carbocycles. The van der Waals surface area contributed by atoms with Crippen LogP contribution in [-0.4, -0.2) is 70.0 Å². The van der Waals surface area contributed by atoms with E-state index in [0.29, 0.717) is 25.2 Å². The van der Waals surface area contributed by atoms with Crippen molar-refractivity contribution in [1.82, 2.24) is 10.2 Å². The Morgan fingerprint density at radius 1 is 1.14 bits per heavy atom. The SMILES string of the molecule is CCCCNC(=O)C1N(CCCCCCO)C(=O)[C@@H]2[C@@H](C(=O)Nc3ccccc3)[C@@H]3OC12CC3Br. The molecule has 4 rings (SSSR count). The molecule has 0 aliphatic carbocycles. The number of carbonyl (C=O) groups is 3. The van der Waals surface area contributed by atoms with Gasteiger partial charge in [-0.05, 0) is 37.8 Å². The standard InChI is InChI=1S/C26H36BrN3O5/c1-2-3-13-28-24(33)22-26-16-18(27)21(35-26)19(23(32)29-17-11-7-6-8-12-17)20(26)25(34)30(22)14-9-4-5-10-15-31/h6-8,11-12,18-22,31H,2-5,9-10,13-16H2,1H3,(H,28,33)(H,29,32)/t18?,19-,20+,21-,22?,26?/m1/s1. The van der Waals surface area contributed by atoms with Gasteiger partial charge in [-0.25, -0.2) is 0 Å². The molecule has 0 aromatic heterocycles. The highest BCUT2D eigenvalue weighted by Gasteiger charge is 2.76. The minimum atomic E-state index is -1.02. The maximum absolute atomic E-state index is 13.8. The molecule has 3 aliphatic heterocycles. The number of fused-ring (bicyclic) bond motifs is 1. The van der Waals surface area contributed by atoms with E-state index in [9.17, 15) is 14.4 Å². The summed E-state index contributed by atoms with van der Waals surface area (Å²) in [5.74, 6) is -1.98. The van der Waals surface area contributed by atoms with Gasteiger partial charge in [-0.15, -0.1) is 0 Å². The first-order chi connectivity index (χ1) is 16.9. The summed E-state index contributed by atoms with van der Waals surface area (Å²) in [4.78, 5) is 42.3. The number of likely N-dealkylation sites (tertiary alicyclic amines) is 1. The Morgan fingerprint density at radius 2 is 1.89 bits per heavy atom. The second-order valence-corrected chi connectivity index (χ2v) is 11.0. The molecule has 192 valence electrons. The minimum Gasteiger partial charge on any atom is -0.396 e. The molecule has 3 N–H and O–H groups in total. The lowest BCUT2D eigenvalue weighted by Gasteiger charge is -2.34. The number of hydrogen-bond donors (Lipinski definition) is 3. The smallest absolute Gasteiger partial charge is 0.245 e. The number of carbonyl (C=O) groups excluding carboxylic acids is 3. The summed E-state index contributed by atoms with van der Waals surface area (Å²) in [6, 6.07) is 8.43. The van der Waals surface area contributed by atoms with Crippen LogP contribution in [0.4, 0.5) is 5.69 Å². The molecule has 3 saturated heterocycles. The van der Waals surface area contributed by atoms with E-state index in [-0.39, 0.29) is 29.2 Å². The number of aliphatic hydroxyl groups is 1. The third kappa shape index (κ3) is 5.00. The third-order valence-corrected chi connectivity index (χ3v) is 8.36. The molecule has 6 atom stereocenters. The summed E-state index contributed by atoms with van der Waals surface area (Å²) in [7, 11) is 0. The lowest BCUT2D eigenvalue weighted by atomic mass is 9.70. The molecule has 0 saturated carbocycles. The molecule has 9 heteroatoms. The summed E-state index contributed by atoms with van der Waals surface area (Å²) in [6.07, 6.45) is 5.03. The van der Waals surface area contributed by atoms with Gasteiger partial charge in [-0.1, -0.05) is 60.3 Å². The van der Waals surface area contributed by atoms with Crippen molar-refractivity contribution < 1.29 is 24.2 Å². The van der Waals surface area contributed by atoms with Crippen LogP contribution in [-0.2, 0) is 19.1 Å². The highest BCUT2D eigenvalue weighted by atomic mass is 79.9. The van der Waals surface area contributed by atoms with Crippen LogP contribution in [0.25, 0.3) is 0 Å². The first kappa shape index (κ1) is 26.1. The van der Waals surface area contributed by atoms with E-state index in [1.807, 2.05) is 30.3 Å². The van der Waals surface area contributed by atoms with Gasteiger partial charge in [0.2, 0.25) is 17.7 Å². The fourth-order valence-electron chi connectivity index (χ4n) is 5.95. The topological polar surface area (TPSA) is 108 Å². The molecule has 8 nitrogen and oxygen atoms in total. The second kappa shape index (κ2) is 11.4. The lowest BCUT2D eigenvalue weighted by molar-refractivity contribution is -0.141. The highest BCUT2D eigenvalue weighted by molar-refractivity contribution is 9.09. The van der Waals surface area contributed by atoms with Gasteiger partial charge >= 0.3 is 0 Å². The summed E-state index contributed by atoms with van der Waals surface area (Å²) >= 11 is 3.69. The van der Waals surface area contributed by atoms with Crippen LogP contribution in [0.2, 0.25) is 0 Å². The number of benzene rings is 1. The van der Waals surface area contributed by atoms with Crippen molar-refractivity contribution in [2.24, 2.45) is 11.8 Å². The lowest BCUT2D eigenvalue weighted by Crippen LogP contribution is -2.56. The second-order valence-electron chi connectivity index (χ2n) is 9.83. The largest absolute Gasteiger partial charge is 0.396 e. The molecule has 35 heavy (non-hydrogen) atoms. The Kier molecular flexibility index (Phi) is 8.50. The van der Waals surface area contributed by atoms with Crippen LogP contribution in [0.1, 0.15) is 51.9 Å². The van der Waals surface area contributed by atoms with Crippen LogP contribution in [0, 0.1) is 11.8 Å². The normalized spacial score (nSPS) is 31.0. The summed E-state index contributed by atoms with van der Waals surface area (Å²) in [5.41, 5.74) is -0.351. The van der Waals surface area contributed by atoms with Crippen molar-refractivity contribution in [2.75, 3.05) is 25.0 Å². The zero-order chi connectivity index (χ0) is 25.0. The number of rotatable bonds is 12. The predicted molar refractivity (Wildman–Crippen MR) is 136 cm³/mol. The third-order valence-electron chi connectivity index (χ3n) is 7.52. The maximum atomic E-state index is 13.8. The van der Waals surface area contributed by atoms with Gasteiger partial charge < -0.3 is 25.4 Å². The van der Waals surface area contributed by atoms with E-state index in [2.05, 4.69) is 33.5 Å². The molecule has 0 radical (unpaired) electrons. The predicted octanol–water partition coefficient (Wildman–Crippen LogP) is 2.84. The van der Waals surface area contributed by atoms with Gasteiger partial charge in [-0.2, -0.15) is 0 Å². The summed E-state index contributed by atoms with van der Waals surface area (Å²) in [6.45, 7) is 3.19. The summed E-state index contributed by atoms with van der Waals surface area (Å²) in [5, 5.41) is 15.0. The van der Waals surface area contributed by atoms with E-state index >= 15 is 0 Å². The van der Waals surface area contributed by atoms with E-state index in [1.165, 1.54) is 0 Å². The number of aliphatic hydroxyl groups excluding tert-OH is 1. The van der Waals surface area contributed by atoms with Crippen molar-refractivity contribution in [2.45, 2.75) is 74.4 Å². The monoisotopic (exact) mass is 549 g/mol. The van der Waals surface area contributed by atoms with Gasteiger partial charge in [-0.3, -0.25) is 14.4 Å². The zero-order valence-electron chi connectivity index (χ0n) is 20.2. The molecule has 3 heterocycles. The number of unbranched alkanes of at least 4 members (excludes halogenated alkanes) is 4. The summed E-state index contributed by atoms with van der Waals surface area (Å²) < 4.78 is 6.49. The Morgan fingerprint density at radius 3 is 2.60 bits per heavy atom. The molecular weight excluding hydrogens is 514 g/mol. The van der Waals surface area contributed by atoms with Gasteiger partial charge in [0, 0.05) is 30.2 Å². The quantitative estimate of drug-likeness (QED) is 0.274. The van der Waals surface area contributed by atoms with Crippen molar-refractivity contribution in [1.29, 1.82) is 0 Å². The Balaban J connectivity index is 1.59. The number of halogens is 1. The van der Waals surface area contributed by atoms with Crippen LogP contribution >= 0.6 is 15.9 Å². The average molecular weight is 550 g/mol. The fourth-order valence-corrected chi connectivity index (χ4v) is 6.89. The van der Waals surface area contributed by atoms with Crippen molar-refractivity contribution in [3.8, 4) is 0 Å². The first-order valence-electron chi connectivity index (χ1n) is 12.8.